The summed E-state index contributed by atoms with van der Waals surface area (Å²) in [7, 11) is 1.93. The number of hydrogen-bond donors (Lipinski definition) is 1. The fraction of sp³-hybridized carbons (Fsp3) is 0.267. The van der Waals surface area contributed by atoms with Crippen molar-refractivity contribution in [3.05, 3.63) is 50.1 Å². The van der Waals surface area contributed by atoms with E-state index in [4.69, 9.17) is 11.6 Å². The van der Waals surface area contributed by atoms with E-state index in [0.29, 0.717) is 6.54 Å². The minimum absolute atomic E-state index is 0.0255. The van der Waals surface area contributed by atoms with Crippen molar-refractivity contribution in [3.63, 3.8) is 0 Å². The minimum Gasteiger partial charge on any atom is -0.325 e. The third-order valence-corrected chi connectivity index (χ3v) is 4.93. The van der Waals surface area contributed by atoms with Crippen LogP contribution in [0.1, 0.15) is 11.8 Å². The Morgan fingerprint density at radius 3 is 2.57 bits per heavy atom. The van der Waals surface area contributed by atoms with Crippen molar-refractivity contribution in [2.75, 3.05) is 12.4 Å². The summed E-state index contributed by atoms with van der Waals surface area (Å²) < 4.78 is 1.76. The standard InChI is InChI=1S/C15H16BrClN2OS/c1-10(19(2)9-13-7-8-14(17)21-13)15(20)18-12-5-3-11(16)4-6-12/h3-8,10H,9H2,1-2H3,(H,18,20)/t10-/m0/s1. The molecule has 0 bridgehead atoms. The van der Waals surface area contributed by atoms with Gasteiger partial charge in [0.1, 0.15) is 0 Å². The van der Waals surface area contributed by atoms with Crippen LogP contribution >= 0.6 is 38.9 Å². The number of benzene rings is 1. The predicted molar refractivity (Wildman–Crippen MR) is 93.0 cm³/mol. The number of likely N-dealkylation sites (N-methyl/N-ethyl adjacent to an activating group) is 1. The molecule has 0 radical (unpaired) electrons. The summed E-state index contributed by atoms with van der Waals surface area (Å²) in [5.74, 6) is -0.0255. The maximum atomic E-state index is 12.2. The third-order valence-electron chi connectivity index (χ3n) is 3.19. The SMILES string of the molecule is C[C@@H](C(=O)Nc1ccc(Br)cc1)N(C)Cc1ccc(Cl)s1. The van der Waals surface area contributed by atoms with E-state index < -0.39 is 0 Å². The van der Waals surface area contributed by atoms with Crippen LogP contribution in [0.25, 0.3) is 0 Å². The van der Waals surface area contributed by atoms with Crippen LogP contribution in [-0.4, -0.2) is 23.9 Å². The van der Waals surface area contributed by atoms with Gasteiger partial charge in [0.05, 0.1) is 10.4 Å². The highest BCUT2D eigenvalue weighted by Gasteiger charge is 2.18. The lowest BCUT2D eigenvalue weighted by atomic mass is 10.2. The molecule has 3 nitrogen and oxygen atoms in total. The van der Waals surface area contributed by atoms with Gasteiger partial charge in [0.25, 0.3) is 0 Å². The quantitative estimate of drug-likeness (QED) is 0.811. The second-order valence-corrected chi connectivity index (χ2v) is 7.51. The summed E-state index contributed by atoms with van der Waals surface area (Å²) in [5, 5.41) is 2.92. The molecule has 0 saturated heterocycles. The highest BCUT2D eigenvalue weighted by atomic mass is 79.9. The van der Waals surface area contributed by atoms with Gasteiger partial charge in [-0.25, -0.2) is 0 Å². The third kappa shape index (κ3) is 4.81. The molecular weight excluding hydrogens is 372 g/mol. The average molecular weight is 388 g/mol. The van der Waals surface area contributed by atoms with Gasteiger partial charge in [0, 0.05) is 21.6 Å². The van der Waals surface area contributed by atoms with Gasteiger partial charge in [0.2, 0.25) is 5.91 Å². The molecule has 1 aromatic carbocycles. The van der Waals surface area contributed by atoms with Crippen molar-refractivity contribution in [3.8, 4) is 0 Å². The molecule has 1 N–H and O–H groups in total. The summed E-state index contributed by atoms with van der Waals surface area (Å²) in [4.78, 5) is 15.4. The number of anilines is 1. The van der Waals surface area contributed by atoms with E-state index in [1.54, 1.807) is 0 Å². The van der Waals surface area contributed by atoms with Gasteiger partial charge in [-0.3, -0.25) is 9.69 Å². The van der Waals surface area contributed by atoms with Crippen LogP contribution in [0, 0.1) is 0 Å². The Labute approximate surface area is 142 Å². The fourth-order valence-corrected chi connectivity index (χ4v) is 3.21. The summed E-state index contributed by atoms with van der Waals surface area (Å²) >= 11 is 10.8. The number of nitrogens with one attached hydrogen (secondary N) is 1. The lowest BCUT2D eigenvalue weighted by molar-refractivity contribution is -0.120. The van der Waals surface area contributed by atoms with Gasteiger partial charge >= 0.3 is 0 Å². The first-order valence-electron chi connectivity index (χ1n) is 6.46. The molecule has 0 saturated carbocycles. The number of hydrogen-bond acceptors (Lipinski definition) is 3. The monoisotopic (exact) mass is 386 g/mol. The molecule has 0 aliphatic heterocycles. The lowest BCUT2D eigenvalue weighted by Gasteiger charge is -2.23. The highest BCUT2D eigenvalue weighted by Crippen LogP contribution is 2.23. The summed E-state index contributed by atoms with van der Waals surface area (Å²) in [6.45, 7) is 2.59. The Balaban J connectivity index is 1.93. The number of nitrogens with zero attached hydrogens (tertiary/aromatic N) is 1. The molecule has 2 aromatic rings. The maximum absolute atomic E-state index is 12.2. The number of halogens is 2. The Bertz CT molecular complexity index is 614. The molecule has 1 heterocycles. The smallest absolute Gasteiger partial charge is 0.241 e. The van der Waals surface area contributed by atoms with Crippen molar-refractivity contribution < 1.29 is 4.79 Å². The van der Waals surface area contributed by atoms with Gasteiger partial charge in [-0.05, 0) is 50.4 Å². The molecule has 112 valence electrons. The molecule has 1 atom stereocenters. The molecule has 21 heavy (non-hydrogen) atoms. The number of carbonyl (C=O) groups is 1. The first-order valence-corrected chi connectivity index (χ1v) is 8.45. The lowest BCUT2D eigenvalue weighted by Crippen LogP contribution is -2.39. The van der Waals surface area contributed by atoms with Gasteiger partial charge in [-0.2, -0.15) is 0 Å². The van der Waals surface area contributed by atoms with E-state index in [1.807, 2.05) is 55.3 Å². The number of thiophene rings is 1. The number of rotatable bonds is 5. The van der Waals surface area contributed by atoms with E-state index in [1.165, 1.54) is 11.3 Å². The molecule has 0 fully saturated rings. The normalized spacial score (nSPS) is 12.4. The second kappa shape index (κ2) is 7.40. The number of carbonyl (C=O) groups excluding carboxylic acids is 1. The largest absolute Gasteiger partial charge is 0.325 e. The van der Waals surface area contributed by atoms with Crippen molar-refractivity contribution in [2.45, 2.75) is 19.5 Å². The van der Waals surface area contributed by atoms with E-state index in [0.717, 1.165) is 19.4 Å². The van der Waals surface area contributed by atoms with Crippen molar-refractivity contribution in [1.29, 1.82) is 0 Å². The Morgan fingerprint density at radius 2 is 2.00 bits per heavy atom. The Hall–Kier alpha value is -0.880. The van der Waals surface area contributed by atoms with Crippen LogP contribution in [0.15, 0.2) is 40.9 Å². The summed E-state index contributed by atoms with van der Waals surface area (Å²) in [5.41, 5.74) is 0.794. The zero-order valence-corrected chi connectivity index (χ0v) is 14.9. The van der Waals surface area contributed by atoms with Crippen LogP contribution in [0.4, 0.5) is 5.69 Å². The highest BCUT2D eigenvalue weighted by molar-refractivity contribution is 9.10. The molecule has 0 unspecified atom stereocenters. The van der Waals surface area contributed by atoms with E-state index in [2.05, 4.69) is 21.2 Å². The molecule has 0 aliphatic carbocycles. The minimum atomic E-state index is -0.227. The van der Waals surface area contributed by atoms with Crippen LogP contribution in [0.5, 0.6) is 0 Å². The zero-order valence-electron chi connectivity index (χ0n) is 11.8. The number of amides is 1. The van der Waals surface area contributed by atoms with E-state index in [-0.39, 0.29) is 11.9 Å². The molecule has 1 aromatic heterocycles. The first kappa shape index (κ1) is 16.5. The molecule has 2 rings (SSSR count). The average Bonchev–Trinajstić information content (AvgIpc) is 2.85. The van der Waals surface area contributed by atoms with Crippen molar-refractivity contribution >= 4 is 50.5 Å². The molecule has 0 spiro atoms. The van der Waals surface area contributed by atoms with E-state index in [9.17, 15) is 4.79 Å². The van der Waals surface area contributed by atoms with E-state index >= 15 is 0 Å². The van der Waals surface area contributed by atoms with Gasteiger partial charge in [0.15, 0.2) is 0 Å². The Kier molecular flexibility index (Phi) is 5.81. The van der Waals surface area contributed by atoms with Gasteiger partial charge < -0.3 is 5.32 Å². The molecule has 1 amide bonds. The van der Waals surface area contributed by atoms with Crippen LogP contribution < -0.4 is 5.32 Å². The molecule has 0 aliphatic rings. The molecular formula is C15H16BrClN2OS. The molecule has 6 heteroatoms. The van der Waals surface area contributed by atoms with Crippen LogP contribution in [0.2, 0.25) is 4.34 Å². The van der Waals surface area contributed by atoms with Crippen molar-refractivity contribution in [2.24, 2.45) is 0 Å². The fourth-order valence-electron chi connectivity index (χ4n) is 1.80. The topological polar surface area (TPSA) is 32.3 Å². The van der Waals surface area contributed by atoms with Crippen LogP contribution in [0.3, 0.4) is 0 Å². The Morgan fingerprint density at radius 1 is 1.33 bits per heavy atom. The summed E-state index contributed by atoms with van der Waals surface area (Å²) in [6.07, 6.45) is 0. The van der Waals surface area contributed by atoms with Crippen LogP contribution in [-0.2, 0) is 11.3 Å². The van der Waals surface area contributed by atoms with Gasteiger partial charge in [-0.15, -0.1) is 11.3 Å². The predicted octanol–water partition coefficient (Wildman–Crippen LogP) is 4.62. The van der Waals surface area contributed by atoms with Crippen molar-refractivity contribution in [1.82, 2.24) is 4.90 Å². The first-order chi connectivity index (χ1) is 9.95. The second-order valence-electron chi connectivity index (χ2n) is 4.79. The maximum Gasteiger partial charge on any atom is 0.241 e. The zero-order chi connectivity index (χ0) is 15.4. The summed E-state index contributed by atoms with van der Waals surface area (Å²) in [6, 6.07) is 11.2. The van der Waals surface area contributed by atoms with Gasteiger partial charge in [-0.1, -0.05) is 27.5 Å².